The fourth-order valence-electron chi connectivity index (χ4n) is 1.28. The molecule has 0 fully saturated rings. The molecule has 1 heterocycles. The van der Waals surface area contributed by atoms with E-state index in [9.17, 15) is 4.79 Å². The zero-order chi connectivity index (χ0) is 10.7. The van der Waals surface area contributed by atoms with Gasteiger partial charge >= 0.3 is 0 Å². The normalized spacial score (nSPS) is 9.67. The van der Waals surface area contributed by atoms with Crippen molar-refractivity contribution in [2.24, 2.45) is 0 Å². The van der Waals surface area contributed by atoms with Crippen molar-refractivity contribution in [2.45, 2.75) is 0 Å². The van der Waals surface area contributed by atoms with Crippen molar-refractivity contribution in [3.05, 3.63) is 40.4 Å². The molecule has 0 saturated carbocycles. The second kappa shape index (κ2) is 4.28. The third kappa shape index (κ3) is 2.08. The molecule has 0 aliphatic rings. The van der Waals surface area contributed by atoms with Crippen molar-refractivity contribution < 1.29 is 0 Å². The Bertz CT molecular complexity index is 607. The summed E-state index contributed by atoms with van der Waals surface area (Å²) in [5, 5.41) is 1.19. The highest BCUT2D eigenvalue weighted by Crippen LogP contribution is 2.08. The number of aromatic amines is 1. The SMILES string of the molecule is O=c1[nH]cnc2ccc(C#CCBr)cc12. The van der Waals surface area contributed by atoms with Gasteiger partial charge in [0.15, 0.2) is 0 Å². The van der Waals surface area contributed by atoms with E-state index in [1.54, 1.807) is 12.1 Å². The van der Waals surface area contributed by atoms with Gasteiger partial charge in [0.1, 0.15) is 0 Å². The van der Waals surface area contributed by atoms with Crippen LogP contribution in [0.4, 0.5) is 0 Å². The third-order valence-corrected chi connectivity index (χ3v) is 2.22. The van der Waals surface area contributed by atoms with E-state index in [-0.39, 0.29) is 5.56 Å². The first-order chi connectivity index (χ1) is 7.31. The van der Waals surface area contributed by atoms with Gasteiger partial charge in [-0.15, -0.1) is 0 Å². The maximum atomic E-state index is 11.5. The number of fused-ring (bicyclic) bond motifs is 1. The smallest absolute Gasteiger partial charge is 0.258 e. The third-order valence-electron chi connectivity index (χ3n) is 1.94. The highest BCUT2D eigenvalue weighted by Gasteiger charge is 1.98. The molecule has 0 saturated heterocycles. The number of benzene rings is 1. The molecule has 0 radical (unpaired) electrons. The molecule has 0 amide bonds. The van der Waals surface area contributed by atoms with Gasteiger partial charge in [0, 0.05) is 5.56 Å². The largest absolute Gasteiger partial charge is 0.313 e. The van der Waals surface area contributed by atoms with Gasteiger partial charge < -0.3 is 4.98 Å². The fourth-order valence-corrected chi connectivity index (χ4v) is 1.42. The molecule has 2 aromatic rings. The van der Waals surface area contributed by atoms with Gasteiger partial charge in [0.25, 0.3) is 5.56 Å². The lowest BCUT2D eigenvalue weighted by Gasteiger charge is -1.95. The van der Waals surface area contributed by atoms with E-state index >= 15 is 0 Å². The predicted molar refractivity (Wildman–Crippen MR) is 63.0 cm³/mol. The van der Waals surface area contributed by atoms with E-state index < -0.39 is 0 Å². The van der Waals surface area contributed by atoms with Crippen molar-refractivity contribution in [1.29, 1.82) is 0 Å². The topological polar surface area (TPSA) is 45.8 Å². The minimum Gasteiger partial charge on any atom is -0.313 e. The number of nitrogens with one attached hydrogen (secondary N) is 1. The summed E-state index contributed by atoms with van der Waals surface area (Å²) in [5.41, 5.74) is 1.37. The second-order valence-corrected chi connectivity index (χ2v) is 3.46. The van der Waals surface area contributed by atoms with E-state index in [4.69, 9.17) is 0 Å². The van der Waals surface area contributed by atoms with Crippen LogP contribution in [0.25, 0.3) is 10.9 Å². The van der Waals surface area contributed by atoms with Crippen LogP contribution in [0.15, 0.2) is 29.3 Å². The van der Waals surface area contributed by atoms with E-state index in [0.29, 0.717) is 16.2 Å². The Hall–Kier alpha value is -1.60. The van der Waals surface area contributed by atoms with Gasteiger partial charge in [0.2, 0.25) is 0 Å². The maximum Gasteiger partial charge on any atom is 0.258 e. The van der Waals surface area contributed by atoms with Gasteiger partial charge in [0.05, 0.1) is 22.6 Å². The molecular formula is C11H7BrN2O. The van der Waals surface area contributed by atoms with Crippen LogP contribution in [-0.4, -0.2) is 15.3 Å². The lowest BCUT2D eigenvalue weighted by Crippen LogP contribution is -2.06. The highest BCUT2D eigenvalue weighted by atomic mass is 79.9. The summed E-state index contributed by atoms with van der Waals surface area (Å²) in [6.45, 7) is 0. The average Bonchev–Trinajstić information content (AvgIpc) is 2.27. The van der Waals surface area contributed by atoms with Crippen LogP contribution in [0.3, 0.4) is 0 Å². The number of halogens is 1. The van der Waals surface area contributed by atoms with Gasteiger partial charge in [-0.1, -0.05) is 27.8 Å². The first-order valence-electron chi connectivity index (χ1n) is 4.33. The van der Waals surface area contributed by atoms with E-state index in [2.05, 4.69) is 37.7 Å². The number of alkyl halides is 1. The zero-order valence-corrected chi connectivity index (χ0v) is 9.34. The van der Waals surface area contributed by atoms with E-state index in [1.165, 1.54) is 6.33 Å². The summed E-state index contributed by atoms with van der Waals surface area (Å²) >= 11 is 3.22. The standard InChI is InChI=1S/C11H7BrN2O/c12-5-1-2-8-3-4-10-9(6-8)11(15)14-7-13-10/h3-4,6-7H,5H2,(H,13,14,15). The Morgan fingerprint density at radius 1 is 1.47 bits per heavy atom. The number of nitrogens with zero attached hydrogens (tertiary/aromatic N) is 1. The zero-order valence-electron chi connectivity index (χ0n) is 7.75. The van der Waals surface area contributed by atoms with Crippen LogP contribution in [0.1, 0.15) is 5.56 Å². The number of hydrogen-bond acceptors (Lipinski definition) is 2. The molecule has 0 bridgehead atoms. The molecule has 0 atom stereocenters. The van der Waals surface area contributed by atoms with E-state index in [1.807, 2.05) is 6.07 Å². The summed E-state index contributed by atoms with van der Waals surface area (Å²) in [6, 6.07) is 5.39. The van der Waals surface area contributed by atoms with Crippen LogP contribution in [0.2, 0.25) is 0 Å². The minimum atomic E-state index is -0.137. The second-order valence-electron chi connectivity index (χ2n) is 2.90. The van der Waals surface area contributed by atoms with Gasteiger partial charge in [-0.05, 0) is 18.2 Å². The summed E-state index contributed by atoms with van der Waals surface area (Å²) in [5.74, 6) is 5.82. The molecule has 3 nitrogen and oxygen atoms in total. The number of H-pyrrole nitrogens is 1. The summed E-state index contributed by atoms with van der Waals surface area (Å²) in [7, 11) is 0. The monoisotopic (exact) mass is 262 g/mol. The molecule has 4 heteroatoms. The Balaban J connectivity index is 2.65. The van der Waals surface area contributed by atoms with Gasteiger partial charge in [-0.2, -0.15) is 0 Å². The molecule has 1 N–H and O–H groups in total. The molecule has 0 aliphatic carbocycles. The highest BCUT2D eigenvalue weighted by molar-refractivity contribution is 9.09. The molecule has 15 heavy (non-hydrogen) atoms. The predicted octanol–water partition coefficient (Wildman–Crippen LogP) is 1.67. The lowest BCUT2D eigenvalue weighted by molar-refractivity contribution is 1.17. The van der Waals surface area contributed by atoms with Crippen LogP contribution < -0.4 is 5.56 Å². The van der Waals surface area contributed by atoms with Crippen LogP contribution >= 0.6 is 15.9 Å². The average molecular weight is 263 g/mol. The Morgan fingerprint density at radius 3 is 3.13 bits per heavy atom. The fraction of sp³-hybridized carbons (Fsp3) is 0.0909. The quantitative estimate of drug-likeness (QED) is 0.580. The maximum absolute atomic E-state index is 11.5. The van der Waals surface area contributed by atoms with Crippen LogP contribution in [0, 0.1) is 11.8 Å². The van der Waals surface area contributed by atoms with Crippen molar-refractivity contribution in [3.63, 3.8) is 0 Å². The van der Waals surface area contributed by atoms with Gasteiger partial charge in [-0.3, -0.25) is 4.79 Å². The number of hydrogen-bond donors (Lipinski definition) is 1. The van der Waals surface area contributed by atoms with Gasteiger partial charge in [-0.25, -0.2) is 4.98 Å². The Morgan fingerprint density at radius 2 is 2.33 bits per heavy atom. The van der Waals surface area contributed by atoms with Crippen molar-refractivity contribution in [1.82, 2.24) is 9.97 Å². The molecule has 1 aromatic heterocycles. The summed E-state index contributed by atoms with van der Waals surface area (Å²) in [4.78, 5) is 18.0. The minimum absolute atomic E-state index is 0.137. The molecule has 0 spiro atoms. The van der Waals surface area contributed by atoms with Crippen LogP contribution in [-0.2, 0) is 0 Å². The molecular weight excluding hydrogens is 256 g/mol. The molecule has 1 aromatic carbocycles. The number of rotatable bonds is 0. The van der Waals surface area contributed by atoms with Crippen molar-refractivity contribution in [3.8, 4) is 11.8 Å². The number of aromatic nitrogens is 2. The van der Waals surface area contributed by atoms with Crippen molar-refractivity contribution >= 4 is 26.8 Å². The van der Waals surface area contributed by atoms with Crippen molar-refractivity contribution in [2.75, 3.05) is 5.33 Å². The Labute approximate surface area is 94.7 Å². The first kappa shape index (κ1) is 9.94. The molecule has 74 valence electrons. The molecule has 2 rings (SSSR count). The lowest BCUT2D eigenvalue weighted by atomic mass is 10.1. The summed E-state index contributed by atoms with van der Waals surface area (Å²) in [6.07, 6.45) is 1.40. The molecule has 0 unspecified atom stereocenters. The summed E-state index contributed by atoms with van der Waals surface area (Å²) < 4.78 is 0. The molecule has 0 aliphatic heterocycles. The van der Waals surface area contributed by atoms with E-state index in [0.717, 1.165) is 5.56 Å². The first-order valence-corrected chi connectivity index (χ1v) is 5.45. The van der Waals surface area contributed by atoms with Crippen LogP contribution in [0.5, 0.6) is 0 Å². The Kier molecular flexibility index (Phi) is 2.84.